The molecule has 1 atom stereocenters. The van der Waals surface area contributed by atoms with E-state index in [-0.39, 0.29) is 48.4 Å². The normalized spacial score (nSPS) is 17.8. The van der Waals surface area contributed by atoms with Gasteiger partial charge >= 0.3 is 6.18 Å². The van der Waals surface area contributed by atoms with E-state index in [0.717, 1.165) is 18.7 Å². The maximum atomic E-state index is 12.6. The highest BCUT2D eigenvalue weighted by Crippen LogP contribution is 2.27. The fourth-order valence-corrected chi connectivity index (χ4v) is 2.58. The summed E-state index contributed by atoms with van der Waals surface area (Å²) < 4.78 is 37.9. The number of anilines is 1. The van der Waals surface area contributed by atoms with Gasteiger partial charge < -0.3 is 20.9 Å². The lowest BCUT2D eigenvalue weighted by Crippen LogP contribution is -2.51. The van der Waals surface area contributed by atoms with Crippen molar-refractivity contribution < 1.29 is 18.0 Å². The van der Waals surface area contributed by atoms with Crippen molar-refractivity contribution in [3.05, 3.63) is 18.0 Å². The first-order valence-corrected chi connectivity index (χ1v) is 8.72. The first kappa shape index (κ1) is 24.2. The van der Waals surface area contributed by atoms with Gasteiger partial charge in [0.15, 0.2) is 5.96 Å². The summed E-state index contributed by atoms with van der Waals surface area (Å²) in [6, 6.07) is 0.924. The van der Waals surface area contributed by atoms with Crippen LogP contribution in [-0.4, -0.2) is 66.0 Å². The van der Waals surface area contributed by atoms with E-state index >= 15 is 0 Å². The van der Waals surface area contributed by atoms with Gasteiger partial charge in [0.25, 0.3) is 0 Å². The second kappa shape index (κ2) is 11.2. The van der Waals surface area contributed by atoms with Gasteiger partial charge in [-0.1, -0.05) is 0 Å². The Kier molecular flexibility index (Phi) is 9.69. The number of carbonyl (C=O) groups is 1. The van der Waals surface area contributed by atoms with Gasteiger partial charge in [-0.2, -0.15) is 13.2 Å². The molecule has 1 unspecified atom stereocenters. The van der Waals surface area contributed by atoms with Crippen LogP contribution in [0.2, 0.25) is 0 Å². The molecule has 1 aromatic heterocycles. The first-order valence-electron chi connectivity index (χ1n) is 8.72. The smallest absolute Gasteiger partial charge is 0.357 e. The Labute approximate surface area is 178 Å². The van der Waals surface area contributed by atoms with Crippen molar-refractivity contribution >= 4 is 41.8 Å². The summed E-state index contributed by atoms with van der Waals surface area (Å²) in [5.41, 5.74) is -0.991. The summed E-state index contributed by atoms with van der Waals surface area (Å²) in [6.45, 7) is 3.79. The van der Waals surface area contributed by atoms with Gasteiger partial charge in [0, 0.05) is 45.3 Å². The SMILES string of the molecule is CCNC(=NCCNc1nccc(C(F)(F)F)n1)NC1CCC(=O)N(C)C1.I. The van der Waals surface area contributed by atoms with Crippen LogP contribution in [0.1, 0.15) is 25.5 Å². The van der Waals surface area contributed by atoms with Gasteiger partial charge in [-0.05, 0) is 19.4 Å². The van der Waals surface area contributed by atoms with Crippen molar-refractivity contribution in [2.75, 3.05) is 38.5 Å². The molecule has 1 aliphatic rings. The molecular weight excluding hydrogens is 490 g/mol. The van der Waals surface area contributed by atoms with E-state index in [1.54, 1.807) is 11.9 Å². The minimum absolute atomic E-state index is 0. The van der Waals surface area contributed by atoms with Crippen molar-refractivity contribution in [1.82, 2.24) is 25.5 Å². The van der Waals surface area contributed by atoms with Gasteiger partial charge in [-0.15, -0.1) is 24.0 Å². The molecule has 12 heteroatoms. The summed E-state index contributed by atoms with van der Waals surface area (Å²) in [6.07, 6.45) is -2.23. The highest BCUT2D eigenvalue weighted by Gasteiger charge is 2.32. The zero-order valence-electron chi connectivity index (χ0n) is 15.7. The Bertz CT molecular complexity index is 672. The summed E-state index contributed by atoms with van der Waals surface area (Å²) in [7, 11) is 1.76. The molecule has 0 radical (unpaired) electrons. The number of rotatable bonds is 6. The largest absolute Gasteiger partial charge is 0.433 e. The Morgan fingerprint density at radius 2 is 2.18 bits per heavy atom. The van der Waals surface area contributed by atoms with Crippen molar-refractivity contribution in [1.29, 1.82) is 0 Å². The lowest BCUT2D eigenvalue weighted by Gasteiger charge is -2.31. The lowest BCUT2D eigenvalue weighted by molar-refractivity contribution is -0.141. The molecule has 1 amide bonds. The van der Waals surface area contributed by atoms with Crippen molar-refractivity contribution in [2.24, 2.45) is 4.99 Å². The van der Waals surface area contributed by atoms with Crippen molar-refractivity contribution in [3.8, 4) is 0 Å². The van der Waals surface area contributed by atoms with E-state index in [1.807, 2.05) is 6.92 Å². The molecule has 0 spiro atoms. The third kappa shape index (κ3) is 7.64. The van der Waals surface area contributed by atoms with Crippen molar-refractivity contribution in [2.45, 2.75) is 32.0 Å². The van der Waals surface area contributed by atoms with Crippen LogP contribution in [0.4, 0.5) is 19.1 Å². The Hall–Kier alpha value is -1.86. The van der Waals surface area contributed by atoms with E-state index in [4.69, 9.17) is 0 Å². The summed E-state index contributed by atoms with van der Waals surface area (Å²) >= 11 is 0. The van der Waals surface area contributed by atoms with Gasteiger partial charge in [-0.25, -0.2) is 9.97 Å². The van der Waals surface area contributed by atoms with Crippen LogP contribution in [-0.2, 0) is 11.0 Å². The second-order valence-electron chi connectivity index (χ2n) is 6.10. The third-order valence-electron chi connectivity index (χ3n) is 3.92. The maximum Gasteiger partial charge on any atom is 0.433 e. The number of amides is 1. The molecular formula is C16H25F3IN7O. The molecule has 2 rings (SSSR count). The van der Waals surface area contributed by atoms with Crippen LogP contribution in [0, 0.1) is 0 Å². The fraction of sp³-hybridized carbons (Fsp3) is 0.625. The highest BCUT2D eigenvalue weighted by atomic mass is 127. The van der Waals surface area contributed by atoms with E-state index in [2.05, 4.69) is 30.9 Å². The van der Waals surface area contributed by atoms with Crippen LogP contribution >= 0.6 is 24.0 Å². The molecule has 0 bridgehead atoms. The van der Waals surface area contributed by atoms with E-state index in [1.165, 1.54) is 0 Å². The lowest BCUT2D eigenvalue weighted by atomic mass is 10.1. The molecule has 1 saturated heterocycles. The molecule has 0 saturated carbocycles. The van der Waals surface area contributed by atoms with Gasteiger partial charge in [0.2, 0.25) is 11.9 Å². The highest BCUT2D eigenvalue weighted by molar-refractivity contribution is 14.0. The number of hydrogen-bond donors (Lipinski definition) is 3. The average molecular weight is 515 g/mol. The minimum Gasteiger partial charge on any atom is -0.357 e. The number of aliphatic imine (C=N–C) groups is 1. The molecule has 2 heterocycles. The quantitative estimate of drug-likeness (QED) is 0.231. The molecule has 3 N–H and O–H groups in total. The van der Waals surface area contributed by atoms with Crippen LogP contribution in [0.25, 0.3) is 0 Å². The Balaban J connectivity index is 0.00000392. The number of piperidine rings is 1. The van der Waals surface area contributed by atoms with Crippen LogP contribution in [0.15, 0.2) is 17.3 Å². The number of nitrogens with zero attached hydrogens (tertiary/aromatic N) is 4. The molecule has 158 valence electrons. The van der Waals surface area contributed by atoms with Crippen molar-refractivity contribution in [3.63, 3.8) is 0 Å². The number of likely N-dealkylation sites (N-methyl/N-ethyl adjacent to an activating group) is 1. The number of hydrogen-bond acceptors (Lipinski definition) is 5. The zero-order valence-corrected chi connectivity index (χ0v) is 18.0. The Morgan fingerprint density at radius 3 is 2.82 bits per heavy atom. The van der Waals surface area contributed by atoms with Gasteiger partial charge in [-0.3, -0.25) is 9.79 Å². The number of aromatic nitrogens is 2. The Morgan fingerprint density at radius 1 is 1.43 bits per heavy atom. The molecule has 28 heavy (non-hydrogen) atoms. The number of halogens is 4. The predicted molar refractivity (Wildman–Crippen MR) is 111 cm³/mol. The van der Waals surface area contributed by atoms with Crippen LogP contribution < -0.4 is 16.0 Å². The average Bonchev–Trinajstić information content (AvgIpc) is 2.61. The molecule has 8 nitrogen and oxygen atoms in total. The molecule has 0 aliphatic carbocycles. The number of alkyl halides is 3. The number of nitrogens with one attached hydrogen (secondary N) is 3. The fourth-order valence-electron chi connectivity index (χ4n) is 2.58. The third-order valence-corrected chi connectivity index (χ3v) is 3.92. The predicted octanol–water partition coefficient (Wildman–Crippen LogP) is 1.70. The summed E-state index contributed by atoms with van der Waals surface area (Å²) in [4.78, 5) is 24.8. The van der Waals surface area contributed by atoms with E-state index in [0.29, 0.717) is 32.0 Å². The van der Waals surface area contributed by atoms with Crippen LogP contribution in [0.3, 0.4) is 0 Å². The van der Waals surface area contributed by atoms with Gasteiger partial charge in [0.05, 0.1) is 6.54 Å². The monoisotopic (exact) mass is 515 g/mol. The second-order valence-corrected chi connectivity index (χ2v) is 6.10. The summed E-state index contributed by atoms with van der Waals surface area (Å²) in [5.74, 6) is 0.627. The van der Waals surface area contributed by atoms with Gasteiger partial charge in [0.1, 0.15) is 5.69 Å². The molecule has 1 aliphatic heterocycles. The molecule has 0 aromatic carbocycles. The van der Waals surface area contributed by atoms with Crippen LogP contribution in [0.5, 0.6) is 0 Å². The standard InChI is InChI=1S/C16H24F3N7O.HI/c1-3-20-14(24-11-4-5-13(27)26(2)10-11)22-8-9-23-15-21-7-6-12(25-15)16(17,18)19;/h6-7,11H,3-5,8-10H2,1-2H3,(H2,20,22,24)(H,21,23,25);1H. The van der Waals surface area contributed by atoms with E-state index in [9.17, 15) is 18.0 Å². The first-order chi connectivity index (χ1) is 12.8. The number of guanidine groups is 1. The molecule has 1 aromatic rings. The zero-order chi connectivity index (χ0) is 19.9. The maximum absolute atomic E-state index is 12.6. The molecule has 1 fully saturated rings. The number of likely N-dealkylation sites (tertiary alicyclic amines) is 1. The topological polar surface area (TPSA) is 94.5 Å². The van der Waals surface area contributed by atoms with E-state index < -0.39 is 11.9 Å². The summed E-state index contributed by atoms with van der Waals surface area (Å²) in [5, 5.41) is 9.12. The minimum atomic E-state index is -4.51. The number of carbonyl (C=O) groups excluding carboxylic acids is 1.